The van der Waals surface area contributed by atoms with Gasteiger partial charge in [0.05, 0.1) is 13.2 Å². The number of phosphoric acid groups is 1. The standard InChI is InChI=1S/C5H13O5P.Ac/c1-3-8-11(7,9-4-2)10-5-6;/h6H,3-5H2,1-2H3;. The molecule has 12 heavy (non-hydrogen) atoms. The summed E-state index contributed by atoms with van der Waals surface area (Å²) >= 11 is 0. The minimum Gasteiger partial charge on any atom is -0.370 e. The molecule has 0 heterocycles. The first kappa shape index (κ1) is 16.0. The monoisotopic (exact) mass is 411 g/mol. The second-order valence-corrected chi connectivity index (χ2v) is 3.21. The van der Waals surface area contributed by atoms with E-state index in [1.54, 1.807) is 13.8 Å². The number of phosphoric ester groups is 1. The number of hydrogen-bond donors (Lipinski definition) is 1. The zero-order chi connectivity index (χ0) is 8.74. The van der Waals surface area contributed by atoms with Crippen LogP contribution in [0.25, 0.3) is 0 Å². The van der Waals surface area contributed by atoms with Gasteiger partial charge in [0.15, 0.2) is 6.79 Å². The molecule has 0 spiro atoms. The first-order valence-electron chi connectivity index (χ1n) is 3.33. The smallest absolute Gasteiger partial charge is 0.370 e. The van der Waals surface area contributed by atoms with Gasteiger partial charge in [-0.3, -0.25) is 13.6 Å². The van der Waals surface area contributed by atoms with Gasteiger partial charge < -0.3 is 5.11 Å². The molecule has 0 aromatic carbocycles. The molecule has 7 heteroatoms. The van der Waals surface area contributed by atoms with Gasteiger partial charge >= 0.3 is 7.82 Å². The molecular formula is C5H13AcO5P. The van der Waals surface area contributed by atoms with Crippen molar-refractivity contribution in [3.8, 4) is 0 Å². The van der Waals surface area contributed by atoms with Crippen LogP contribution in [0.15, 0.2) is 0 Å². The Bertz CT molecular complexity index is 118. The number of rotatable bonds is 6. The summed E-state index contributed by atoms with van der Waals surface area (Å²) in [4.78, 5) is 0. The Balaban J connectivity index is 0. The third kappa shape index (κ3) is 6.97. The average Bonchev–Trinajstić information content (AvgIpc) is 1.88. The van der Waals surface area contributed by atoms with E-state index < -0.39 is 14.6 Å². The summed E-state index contributed by atoms with van der Waals surface area (Å²) < 4.78 is 24.9. The zero-order valence-corrected chi connectivity index (χ0v) is 12.9. The minimum absolute atomic E-state index is 0. The Morgan fingerprint density at radius 1 is 1.17 bits per heavy atom. The van der Waals surface area contributed by atoms with Crippen molar-refractivity contribution in [2.75, 3.05) is 20.0 Å². The molecule has 0 fully saturated rings. The van der Waals surface area contributed by atoms with Crippen LogP contribution in [0.5, 0.6) is 0 Å². The molecule has 0 unspecified atom stereocenters. The van der Waals surface area contributed by atoms with Crippen LogP contribution in [0.1, 0.15) is 13.8 Å². The summed E-state index contributed by atoms with van der Waals surface area (Å²) in [5.74, 6) is 0. The SMILES string of the molecule is CCOP(=O)(OCC)OCO.[Ac]. The third-order valence-corrected chi connectivity index (χ3v) is 2.37. The predicted molar refractivity (Wildman–Crippen MR) is 39.0 cm³/mol. The molecule has 1 N–H and O–H groups in total. The molecule has 0 amide bonds. The summed E-state index contributed by atoms with van der Waals surface area (Å²) in [5, 5.41) is 8.30. The van der Waals surface area contributed by atoms with Crippen molar-refractivity contribution in [1.29, 1.82) is 0 Å². The summed E-state index contributed by atoms with van der Waals surface area (Å²) in [6.07, 6.45) is 0. The van der Waals surface area contributed by atoms with Crippen LogP contribution in [0, 0.1) is 44.1 Å². The number of aliphatic hydroxyl groups excluding tert-OH is 1. The van der Waals surface area contributed by atoms with E-state index in [4.69, 9.17) is 5.11 Å². The Kier molecular flexibility index (Phi) is 12.1. The van der Waals surface area contributed by atoms with Gasteiger partial charge in [-0.1, -0.05) is 0 Å². The Morgan fingerprint density at radius 3 is 1.83 bits per heavy atom. The summed E-state index contributed by atoms with van der Waals surface area (Å²) in [6, 6.07) is 0. The zero-order valence-electron chi connectivity index (χ0n) is 7.23. The molecule has 0 aromatic rings. The Labute approximate surface area is 108 Å². The first-order valence-corrected chi connectivity index (χ1v) is 4.79. The number of aliphatic hydroxyl groups is 1. The van der Waals surface area contributed by atoms with E-state index in [2.05, 4.69) is 13.6 Å². The topological polar surface area (TPSA) is 65.0 Å². The fourth-order valence-corrected chi connectivity index (χ4v) is 1.50. The van der Waals surface area contributed by atoms with Crippen LogP contribution in [0.2, 0.25) is 0 Å². The van der Waals surface area contributed by atoms with Crippen molar-refractivity contribution >= 4 is 7.82 Å². The fraction of sp³-hybridized carbons (Fsp3) is 1.00. The van der Waals surface area contributed by atoms with E-state index in [-0.39, 0.29) is 57.3 Å². The quantitative estimate of drug-likeness (QED) is 0.525. The second-order valence-electron chi connectivity index (χ2n) is 1.54. The minimum atomic E-state index is -3.47. The van der Waals surface area contributed by atoms with Crippen molar-refractivity contribution < 1.29 is 67.3 Å². The summed E-state index contributed by atoms with van der Waals surface area (Å²) in [5.41, 5.74) is 0. The van der Waals surface area contributed by atoms with Crippen molar-refractivity contribution in [2.45, 2.75) is 13.8 Å². The summed E-state index contributed by atoms with van der Waals surface area (Å²) in [6.45, 7) is 3.09. The Hall–Kier alpha value is 1.51. The van der Waals surface area contributed by atoms with Gasteiger partial charge in [0.25, 0.3) is 0 Å². The van der Waals surface area contributed by atoms with Gasteiger partial charge in [-0.25, -0.2) is 4.57 Å². The van der Waals surface area contributed by atoms with Gasteiger partial charge in [0.1, 0.15) is 0 Å². The normalized spacial score (nSPS) is 10.9. The van der Waals surface area contributed by atoms with Crippen LogP contribution >= 0.6 is 7.82 Å². The third-order valence-electron chi connectivity index (χ3n) is 0.790. The van der Waals surface area contributed by atoms with E-state index >= 15 is 0 Å². The van der Waals surface area contributed by atoms with Crippen molar-refractivity contribution in [1.82, 2.24) is 0 Å². The molecule has 0 rings (SSSR count). The molecule has 1 radical (unpaired) electrons. The van der Waals surface area contributed by atoms with E-state index in [1.807, 2.05) is 0 Å². The maximum atomic E-state index is 11.2. The molecule has 0 bridgehead atoms. The Morgan fingerprint density at radius 2 is 1.58 bits per heavy atom. The maximum Gasteiger partial charge on any atom is 0.476 e. The van der Waals surface area contributed by atoms with Crippen molar-refractivity contribution in [3.05, 3.63) is 0 Å². The number of hydrogen-bond acceptors (Lipinski definition) is 5. The largest absolute Gasteiger partial charge is 0.476 e. The molecule has 0 aliphatic heterocycles. The van der Waals surface area contributed by atoms with Gasteiger partial charge in [0, 0.05) is 44.1 Å². The molecule has 0 aliphatic rings. The molecule has 0 atom stereocenters. The van der Waals surface area contributed by atoms with E-state index in [0.29, 0.717) is 0 Å². The van der Waals surface area contributed by atoms with Crippen molar-refractivity contribution in [2.24, 2.45) is 0 Å². The van der Waals surface area contributed by atoms with Crippen molar-refractivity contribution in [3.63, 3.8) is 0 Å². The van der Waals surface area contributed by atoms with E-state index in [0.717, 1.165) is 0 Å². The van der Waals surface area contributed by atoms with Crippen LogP contribution in [0.4, 0.5) is 0 Å². The maximum absolute atomic E-state index is 11.2. The van der Waals surface area contributed by atoms with Gasteiger partial charge in [-0.15, -0.1) is 0 Å². The second kappa shape index (κ2) is 9.08. The van der Waals surface area contributed by atoms with Gasteiger partial charge in [-0.05, 0) is 13.8 Å². The fourth-order valence-electron chi connectivity index (χ4n) is 0.499. The molecule has 0 aromatic heterocycles. The molecule has 71 valence electrons. The molecule has 0 aliphatic carbocycles. The molecule has 5 nitrogen and oxygen atoms in total. The predicted octanol–water partition coefficient (Wildman–Crippen LogP) is 1.13. The van der Waals surface area contributed by atoms with Gasteiger partial charge in [0.2, 0.25) is 0 Å². The van der Waals surface area contributed by atoms with Crippen LogP contribution in [0.3, 0.4) is 0 Å². The van der Waals surface area contributed by atoms with Gasteiger partial charge in [-0.2, -0.15) is 0 Å². The van der Waals surface area contributed by atoms with Crippen LogP contribution < -0.4 is 0 Å². The summed E-state index contributed by atoms with van der Waals surface area (Å²) in [7, 11) is -3.47. The van der Waals surface area contributed by atoms with E-state index in [9.17, 15) is 4.57 Å². The first-order chi connectivity index (χ1) is 5.18. The molecule has 0 saturated heterocycles. The van der Waals surface area contributed by atoms with Crippen LogP contribution in [-0.4, -0.2) is 25.1 Å². The average molecular weight is 411 g/mol. The molecular weight excluding hydrogens is 398 g/mol. The van der Waals surface area contributed by atoms with E-state index in [1.165, 1.54) is 0 Å². The molecule has 0 saturated carbocycles. The van der Waals surface area contributed by atoms with Crippen LogP contribution in [-0.2, 0) is 18.1 Å².